The van der Waals surface area contributed by atoms with Crippen LogP contribution >= 0.6 is 23.2 Å². The Bertz CT molecular complexity index is 3830. The van der Waals surface area contributed by atoms with Crippen LogP contribution in [0.4, 0.5) is 28.0 Å². The average Bonchev–Trinajstić information content (AvgIpc) is 1.55. The molecule has 12 atom stereocenters. The quantitative estimate of drug-likeness (QED) is 0.0185. The normalized spacial score (nSPS) is 20.0. The van der Waals surface area contributed by atoms with Gasteiger partial charge in [-0.2, -0.15) is 0 Å². The summed E-state index contributed by atoms with van der Waals surface area (Å²) in [5.41, 5.74) is 9.79. The molecule has 26 nitrogen and oxygen atoms in total. The Kier molecular flexibility index (Phi) is 28.1. The SMILES string of the molecule is COC(=O)NC(C(=O)NN(Cc1c(F)cccc1Cl)CC(O)C(Cc1ccc(-c2cccnc2)cc1)NC(=O)OC1COC2OCCC12)C(C)(C)C.COC(=O)NC(C(=O)NN(Cc1ccc(Cl)c(F)c1)CC(O)C(Cc1ccc(-c2cccnc2)cc1)NC(=O)OC1COC2OCCC12)C(C)(C)C. The predicted molar refractivity (Wildman–Crippen MR) is 378 cm³/mol. The number of aliphatic hydroxyl groups is 2. The molecule has 10 rings (SSSR count). The highest BCUT2D eigenvalue weighted by Crippen LogP contribution is 2.35. The van der Waals surface area contributed by atoms with Crippen LogP contribution in [0.3, 0.4) is 0 Å². The molecule has 4 saturated heterocycles. The minimum Gasteiger partial charge on any atom is -0.453 e. The molecular weight excluding hydrogens is 1390 g/mol. The Hall–Kier alpha value is -8.68. The van der Waals surface area contributed by atoms with Gasteiger partial charge in [0.05, 0.1) is 81.8 Å². The highest BCUT2D eigenvalue weighted by molar-refractivity contribution is 6.31. The van der Waals surface area contributed by atoms with Crippen molar-refractivity contribution >= 4 is 59.4 Å². The van der Waals surface area contributed by atoms with Crippen molar-refractivity contribution in [3.8, 4) is 22.3 Å². The Morgan fingerprint density at radius 1 is 0.538 bits per heavy atom. The van der Waals surface area contributed by atoms with Crippen LogP contribution in [0.1, 0.15) is 76.6 Å². The van der Waals surface area contributed by atoms with Gasteiger partial charge in [0.15, 0.2) is 12.6 Å². The first-order valence-electron chi connectivity index (χ1n) is 34.0. The number of nitrogens with one attached hydrogen (secondary N) is 6. The van der Waals surface area contributed by atoms with Crippen molar-refractivity contribution in [3.05, 3.63) is 178 Å². The van der Waals surface area contributed by atoms with Crippen LogP contribution in [0, 0.1) is 34.3 Å². The number of hydrazine groups is 2. The molecule has 0 radical (unpaired) electrons. The van der Waals surface area contributed by atoms with Crippen molar-refractivity contribution in [2.75, 3.05) is 53.7 Å². The van der Waals surface area contributed by atoms with Gasteiger partial charge in [-0.15, -0.1) is 0 Å². The van der Waals surface area contributed by atoms with E-state index in [1.807, 2.05) is 72.8 Å². The van der Waals surface area contributed by atoms with E-state index in [-0.39, 0.29) is 79.7 Å². The number of fused-ring (bicyclic) bond motifs is 2. The second-order valence-electron chi connectivity index (χ2n) is 27.9. The molecule has 6 aromatic rings. The van der Waals surface area contributed by atoms with Crippen LogP contribution < -0.4 is 32.1 Å². The predicted octanol–water partition coefficient (Wildman–Crippen LogP) is 9.21. The zero-order chi connectivity index (χ0) is 74.8. The number of nitrogens with zero attached hydrogens (tertiary/aromatic N) is 4. The third kappa shape index (κ3) is 22.4. The number of halogens is 4. The topological polar surface area (TPSA) is 321 Å². The number of aromatic nitrogens is 2. The third-order valence-corrected chi connectivity index (χ3v) is 18.8. The van der Waals surface area contributed by atoms with Gasteiger partial charge in [0.2, 0.25) is 0 Å². The monoisotopic (exact) mass is 1480 g/mol. The lowest BCUT2D eigenvalue weighted by Gasteiger charge is -2.34. The van der Waals surface area contributed by atoms with Crippen molar-refractivity contribution in [1.82, 2.24) is 52.1 Å². The fourth-order valence-corrected chi connectivity index (χ4v) is 12.8. The first-order chi connectivity index (χ1) is 49.6. The van der Waals surface area contributed by atoms with Crippen molar-refractivity contribution in [1.29, 1.82) is 0 Å². The van der Waals surface area contributed by atoms with E-state index in [1.54, 1.807) is 72.4 Å². The summed E-state index contributed by atoms with van der Waals surface area (Å²) >= 11 is 12.3. The van der Waals surface area contributed by atoms with Crippen LogP contribution in [0.15, 0.2) is 134 Å². The fraction of sp³-hybridized carbons (Fsp3) is 0.459. The van der Waals surface area contributed by atoms with Gasteiger partial charge >= 0.3 is 24.4 Å². The lowest BCUT2D eigenvalue weighted by Crippen LogP contribution is -2.59. The molecule has 4 fully saturated rings. The minimum absolute atomic E-state index is 0.0641. The van der Waals surface area contributed by atoms with Gasteiger partial charge in [0.25, 0.3) is 11.8 Å². The average molecular weight is 1480 g/mol. The second kappa shape index (κ2) is 36.8. The first-order valence-corrected chi connectivity index (χ1v) is 34.8. The Labute approximate surface area is 612 Å². The van der Waals surface area contributed by atoms with Gasteiger partial charge in [0.1, 0.15) is 35.9 Å². The fourth-order valence-electron chi connectivity index (χ4n) is 12.4. The van der Waals surface area contributed by atoms with Crippen LogP contribution in [0.2, 0.25) is 10.0 Å². The largest absolute Gasteiger partial charge is 0.453 e. The number of carbonyl (C=O) groups excluding carboxylic acids is 6. The van der Waals surface area contributed by atoms with Gasteiger partial charge in [-0.1, -0.05) is 138 Å². The van der Waals surface area contributed by atoms with Gasteiger partial charge in [-0.05, 0) is 112 Å². The maximum atomic E-state index is 15.1. The van der Waals surface area contributed by atoms with Gasteiger partial charge in [-0.25, -0.2) is 38.0 Å². The molecule has 4 aliphatic rings. The lowest BCUT2D eigenvalue weighted by atomic mass is 9.86. The standard InChI is InChI=1S/2C37H45ClFN5O8/c1-37(2,3)32(42-35(47)49-4)33(46)43-44(19-26-27(38)8-5-9-28(26)39)20-30(45)29(41-36(48)52-31-21-51-34-25(31)14-16-50-34)17-22-10-12-23(13-11-22)24-7-6-15-40-18-24;1-37(2,3)32(42-35(47)49-4)33(46)43-44(19-23-9-12-27(38)28(39)16-23)20-30(45)29(41-36(48)52-31-21-51-34-26(31)13-15-50-34)17-22-7-10-24(11-8-22)25-6-5-14-40-18-25/h5-13,15,18,25,29-32,34,45H,14,16-17,19-21H2,1-4H3,(H,41,48)(H,42,47)(H,43,46);5-12,14,16,18,26,29-32,34,45H,13,15,17,19-21H2,1-4H3,(H,41,48)(H,42,47)(H,43,46). The van der Waals surface area contributed by atoms with Crippen LogP contribution in [0.25, 0.3) is 22.3 Å². The molecule has 4 aliphatic heterocycles. The van der Waals surface area contributed by atoms with E-state index in [2.05, 4.69) is 42.1 Å². The van der Waals surface area contributed by atoms with E-state index in [9.17, 15) is 43.4 Å². The van der Waals surface area contributed by atoms with E-state index in [0.717, 1.165) is 33.4 Å². The summed E-state index contributed by atoms with van der Waals surface area (Å²) < 4.78 is 72.9. The molecule has 12 unspecified atom stereocenters. The number of rotatable bonds is 26. The molecule has 560 valence electrons. The molecule has 0 saturated carbocycles. The van der Waals surface area contributed by atoms with E-state index >= 15 is 4.39 Å². The van der Waals surface area contributed by atoms with Crippen molar-refractivity contribution in [3.63, 3.8) is 0 Å². The molecule has 6 heterocycles. The number of alkyl carbamates (subject to hydrolysis) is 4. The maximum Gasteiger partial charge on any atom is 0.407 e. The molecule has 0 spiro atoms. The Morgan fingerprint density at radius 2 is 0.981 bits per heavy atom. The summed E-state index contributed by atoms with van der Waals surface area (Å²) in [6.45, 7) is 11.1. The van der Waals surface area contributed by atoms with Crippen LogP contribution in [0.5, 0.6) is 0 Å². The Balaban J connectivity index is 0.000000241. The molecule has 104 heavy (non-hydrogen) atoms. The minimum atomic E-state index is -1.35. The zero-order valence-electron chi connectivity index (χ0n) is 59.0. The summed E-state index contributed by atoms with van der Waals surface area (Å²) in [4.78, 5) is 86.8. The van der Waals surface area contributed by atoms with Crippen LogP contribution in [-0.2, 0) is 73.4 Å². The Morgan fingerprint density at radius 3 is 1.38 bits per heavy atom. The molecular formula is C74H90Cl2F2N10O16. The highest BCUT2D eigenvalue weighted by atomic mass is 35.5. The van der Waals surface area contributed by atoms with Crippen LogP contribution in [-0.4, -0.2) is 181 Å². The number of ether oxygens (including phenoxy) is 8. The molecule has 0 aliphatic carbocycles. The summed E-state index contributed by atoms with van der Waals surface area (Å²) in [7, 11) is 2.37. The number of hydrogen-bond donors (Lipinski definition) is 8. The molecule has 8 N–H and O–H groups in total. The number of carbonyl (C=O) groups is 6. The van der Waals surface area contributed by atoms with Gasteiger partial charge in [-0.3, -0.25) is 30.4 Å². The highest BCUT2D eigenvalue weighted by Gasteiger charge is 2.46. The smallest absolute Gasteiger partial charge is 0.407 e. The summed E-state index contributed by atoms with van der Waals surface area (Å²) in [6, 6.07) is 27.2. The van der Waals surface area contributed by atoms with E-state index in [1.165, 1.54) is 54.6 Å². The van der Waals surface area contributed by atoms with Gasteiger partial charge < -0.3 is 69.4 Å². The first kappa shape index (κ1) is 79.4. The van der Waals surface area contributed by atoms with E-state index in [4.69, 9.17) is 61.1 Å². The number of aliphatic hydroxyl groups excluding tert-OH is 2. The van der Waals surface area contributed by atoms with Crippen molar-refractivity contribution in [2.45, 2.75) is 141 Å². The molecule has 2 aromatic heterocycles. The molecule has 0 bridgehead atoms. The molecule has 6 amide bonds. The third-order valence-electron chi connectivity index (χ3n) is 18.1. The number of pyridine rings is 2. The van der Waals surface area contributed by atoms with E-state index < -0.39 is 120 Å². The number of amides is 6. The number of benzene rings is 4. The zero-order valence-corrected chi connectivity index (χ0v) is 60.5. The van der Waals surface area contributed by atoms with Gasteiger partial charge in [0, 0.05) is 61.6 Å². The molecule has 4 aromatic carbocycles. The van der Waals surface area contributed by atoms with E-state index in [0.29, 0.717) is 31.6 Å². The summed E-state index contributed by atoms with van der Waals surface area (Å²) in [5, 5.41) is 37.1. The summed E-state index contributed by atoms with van der Waals surface area (Å²) in [5.74, 6) is -2.73. The maximum absolute atomic E-state index is 15.1. The molecule has 30 heteroatoms. The number of methoxy groups -OCH3 is 2. The lowest BCUT2D eigenvalue weighted by molar-refractivity contribution is -0.132. The van der Waals surface area contributed by atoms with Crippen molar-refractivity contribution < 1.29 is 85.7 Å². The number of hydrogen-bond acceptors (Lipinski definition) is 20. The second-order valence-corrected chi connectivity index (χ2v) is 28.7. The van der Waals surface area contributed by atoms with Crippen molar-refractivity contribution in [2.24, 2.45) is 22.7 Å². The summed E-state index contributed by atoms with van der Waals surface area (Å²) in [6.07, 6.45) is 0.952.